The SMILES string of the molecule is O=C(NC1CCCC1)c1ccc2c(c1)[C@@H]1[C@H]3CC[C@@H](C3)[C@@H]1[C@@H](c1ccccc1)N2. The second-order valence-corrected chi connectivity index (χ2v) is 9.73. The van der Waals surface area contributed by atoms with Crippen molar-refractivity contribution in [1.29, 1.82) is 0 Å². The molecule has 3 saturated carbocycles. The number of hydrogen-bond acceptors (Lipinski definition) is 2. The number of amides is 1. The minimum atomic E-state index is 0.115. The summed E-state index contributed by atoms with van der Waals surface area (Å²) in [4.78, 5) is 12.9. The van der Waals surface area contributed by atoms with Crippen LogP contribution in [0.25, 0.3) is 0 Å². The van der Waals surface area contributed by atoms with Crippen LogP contribution in [0, 0.1) is 17.8 Å². The third-order valence-electron chi connectivity index (χ3n) is 8.20. The maximum Gasteiger partial charge on any atom is 0.251 e. The van der Waals surface area contributed by atoms with Gasteiger partial charge in [-0.15, -0.1) is 0 Å². The van der Waals surface area contributed by atoms with Gasteiger partial charge in [0.2, 0.25) is 0 Å². The summed E-state index contributed by atoms with van der Waals surface area (Å²) in [5.41, 5.74) is 4.89. The van der Waals surface area contributed by atoms with Gasteiger partial charge in [-0.2, -0.15) is 0 Å². The van der Waals surface area contributed by atoms with E-state index in [1.165, 1.54) is 48.9 Å². The highest BCUT2D eigenvalue weighted by Gasteiger charge is 2.53. The van der Waals surface area contributed by atoms with E-state index >= 15 is 0 Å². The smallest absolute Gasteiger partial charge is 0.251 e. The number of rotatable bonds is 3. The molecular formula is C26H30N2O. The topological polar surface area (TPSA) is 41.1 Å². The highest BCUT2D eigenvalue weighted by molar-refractivity contribution is 5.95. The lowest BCUT2D eigenvalue weighted by molar-refractivity contribution is 0.0937. The standard InChI is InChI=1S/C26H30N2O/c29-26(27-20-8-4-5-9-20)19-12-13-22-21(15-19)23-17-10-11-18(14-17)24(23)25(28-22)16-6-2-1-3-7-16/h1-3,6-7,12-13,15,17-18,20,23-25,28H,4-5,8-11,14H2,(H,27,29)/t17-,18-,23-,24-,25+/m0/s1. The van der Waals surface area contributed by atoms with Crippen molar-refractivity contribution in [1.82, 2.24) is 5.32 Å². The van der Waals surface area contributed by atoms with Crippen LogP contribution in [0.3, 0.4) is 0 Å². The van der Waals surface area contributed by atoms with Gasteiger partial charge >= 0.3 is 0 Å². The largest absolute Gasteiger partial charge is 0.378 e. The van der Waals surface area contributed by atoms with Crippen LogP contribution in [-0.2, 0) is 0 Å². The molecule has 1 heterocycles. The van der Waals surface area contributed by atoms with Gasteiger partial charge < -0.3 is 10.6 Å². The molecule has 3 aliphatic carbocycles. The highest BCUT2D eigenvalue weighted by atomic mass is 16.1. The van der Waals surface area contributed by atoms with Crippen LogP contribution in [0.2, 0.25) is 0 Å². The summed E-state index contributed by atoms with van der Waals surface area (Å²) in [6, 6.07) is 18.1. The number of carbonyl (C=O) groups excluding carboxylic acids is 1. The number of anilines is 1. The molecule has 1 aliphatic heterocycles. The molecule has 150 valence electrons. The van der Waals surface area contributed by atoms with Crippen molar-refractivity contribution in [3.63, 3.8) is 0 Å². The maximum atomic E-state index is 12.9. The van der Waals surface area contributed by atoms with Crippen molar-refractivity contribution < 1.29 is 4.79 Å². The summed E-state index contributed by atoms with van der Waals surface area (Å²) in [5, 5.41) is 7.15. The molecule has 2 aromatic carbocycles. The average molecular weight is 387 g/mol. The van der Waals surface area contributed by atoms with Crippen molar-refractivity contribution in [2.24, 2.45) is 17.8 Å². The van der Waals surface area contributed by atoms with Crippen LogP contribution < -0.4 is 10.6 Å². The zero-order valence-corrected chi connectivity index (χ0v) is 16.9. The predicted octanol–water partition coefficient (Wildman–Crippen LogP) is 5.66. The first kappa shape index (κ1) is 17.6. The van der Waals surface area contributed by atoms with Gasteiger partial charge in [-0.05, 0) is 85.1 Å². The maximum absolute atomic E-state index is 12.9. The lowest BCUT2D eigenvalue weighted by atomic mass is 9.68. The van der Waals surface area contributed by atoms with Crippen LogP contribution >= 0.6 is 0 Å². The molecule has 3 fully saturated rings. The van der Waals surface area contributed by atoms with E-state index < -0.39 is 0 Å². The zero-order valence-electron chi connectivity index (χ0n) is 16.9. The Balaban J connectivity index is 1.35. The van der Waals surface area contributed by atoms with Gasteiger partial charge in [-0.1, -0.05) is 43.2 Å². The molecule has 3 heteroatoms. The fraction of sp³-hybridized carbons (Fsp3) is 0.500. The minimum absolute atomic E-state index is 0.115. The Morgan fingerprint density at radius 2 is 1.72 bits per heavy atom. The molecule has 0 aromatic heterocycles. The lowest BCUT2D eigenvalue weighted by Crippen LogP contribution is -2.36. The summed E-state index contributed by atoms with van der Waals surface area (Å²) in [6.45, 7) is 0. The molecule has 0 saturated heterocycles. The van der Waals surface area contributed by atoms with Crippen molar-refractivity contribution in [2.45, 2.75) is 62.9 Å². The zero-order chi connectivity index (χ0) is 19.4. The van der Waals surface area contributed by atoms with E-state index in [-0.39, 0.29) is 5.91 Å². The van der Waals surface area contributed by atoms with E-state index in [4.69, 9.17) is 0 Å². The predicted molar refractivity (Wildman–Crippen MR) is 116 cm³/mol. The van der Waals surface area contributed by atoms with E-state index in [1.807, 2.05) is 6.07 Å². The molecule has 5 atom stereocenters. The summed E-state index contributed by atoms with van der Waals surface area (Å²) in [5.74, 6) is 2.95. The first-order chi connectivity index (χ1) is 14.3. The van der Waals surface area contributed by atoms with Crippen molar-refractivity contribution >= 4 is 11.6 Å². The Morgan fingerprint density at radius 1 is 0.931 bits per heavy atom. The van der Waals surface area contributed by atoms with Gasteiger partial charge in [0.1, 0.15) is 0 Å². The van der Waals surface area contributed by atoms with Crippen LogP contribution in [0.5, 0.6) is 0 Å². The minimum Gasteiger partial charge on any atom is -0.378 e. The lowest BCUT2D eigenvalue weighted by Gasteiger charge is -2.43. The van der Waals surface area contributed by atoms with Gasteiger partial charge in [0.25, 0.3) is 5.91 Å². The highest BCUT2D eigenvalue weighted by Crippen LogP contribution is 2.63. The van der Waals surface area contributed by atoms with Crippen molar-refractivity contribution in [2.75, 3.05) is 5.32 Å². The quantitative estimate of drug-likeness (QED) is 0.715. The van der Waals surface area contributed by atoms with E-state index in [0.29, 0.717) is 23.9 Å². The molecule has 2 bridgehead atoms. The molecule has 2 aromatic rings. The molecule has 2 N–H and O–H groups in total. The number of nitrogens with one attached hydrogen (secondary N) is 2. The first-order valence-electron chi connectivity index (χ1n) is 11.5. The normalized spacial score (nSPS) is 32.5. The van der Waals surface area contributed by atoms with Gasteiger partial charge in [0, 0.05) is 17.3 Å². The molecule has 0 spiro atoms. The number of fused-ring (bicyclic) bond motifs is 7. The van der Waals surface area contributed by atoms with E-state index in [1.54, 1.807) is 0 Å². The fourth-order valence-corrected chi connectivity index (χ4v) is 6.96. The van der Waals surface area contributed by atoms with Crippen molar-refractivity contribution in [3.8, 4) is 0 Å². The molecule has 3 nitrogen and oxygen atoms in total. The summed E-state index contributed by atoms with van der Waals surface area (Å²) >= 11 is 0. The van der Waals surface area contributed by atoms with Crippen LogP contribution in [0.4, 0.5) is 5.69 Å². The summed E-state index contributed by atoms with van der Waals surface area (Å²) in [7, 11) is 0. The Bertz CT molecular complexity index is 918. The second-order valence-electron chi connectivity index (χ2n) is 9.73. The molecular weight excluding hydrogens is 356 g/mol. The summed E-state index contributed by atoms with van der Waals surface area (Å²) in [6.07, 6.45) is 8.83. The molecule has 6 rings (SSSR count). The Hall–Kier alpha value is -2.29. The molecule has 1 amide bonds. The van der Waals surface area contributed by atoms with Gasteiger partial charge in [-0.3, -0.25) is 4.79 Å². The molecule has 0 unspecified atom stereocenters. The summed E-state index contributed by atoms with van der Waals surface area (Å²) < 4.78 is 0. The molecule has 29 heavy (non-hydrogen) atoms. The van der Waals surface area contributed by atoms with Crippen LogP contribution in [0.15, 0.2) is 48.5 Å². The van der Waals surface area contributed by atoms with E-state index in [9.17, 15) is 4.79 Å². The fourth-order valence-electron chi connectivity index (χ4n) is 6.96. The first-order valence-corrected chi connectivity index (χ1v) is 11.5. The van der Waals surface area contributed by atoms with Gasteiger partial charge in [0.15, 0.2) is 0 Å². The number of hydrogen-bond donors (Lipinski definition) is 2. The Morgan fingerprint density at radius 3 is 2.55 bits per heavy atom. The third-order valence-corrected chi connectivity index (χ3v) is 8.20. The second kappa shape index (κ2) is 6.90. The number of carbonyl (C=O) groups is 1. The third kappa shape index (κ3) is 2.89. The number of benzene rings is 2. The van der Waals surface area contributed by atoms with Crippen LogP contribution in [0.1, 0.15) is 78.4 Å². The van der Waals surface area contributed by atoms with Gasteiger partial charge in [-0.25, -0.2) is 0 Å². The molecule has 4 aliphatic rings. The van der Waals surface area contributed by atoms with E-state index in [2.05, 4.69) is 53.1 Å². The van der Waals surface area contributed by atoms with Crippen molar-refractivity contribution in [3.05, 3.63) is 65.2 Å². The monoisotopic (exact) mass is 386 g/mol. The van der Waals surface area contributed by atoms with E-state index in [0.717, 1.165) is 30.2 Å². The average Bonchev–Trinajstić information content (AvgIpc) is 3.51. The Kier molecular flexibility index (Phi) is 4.18. The van der Waals surface area contributed by atoms with Gasteiger partial charge in [0.05, 0.1) is 6.04 Å². The van der Waals surface area contributed by atoms with Crippen LogP contribution in [-0.4, -0.2) is 11.9 Å². The molecule has 0 radical (unpaired) electrons. The Labute approximate surface area is 173 Å².